The van der Waals surface area contributed by atoms with Crippen molar-refractivity contribution in [1.29, 1.82) is 0 Å². The minimum Gasteiger partial charge on any atom is -0.348 e. The molecule has 14 heteroatoms. The molecule has 0 unspecified atom stereocenters. The number of nitrogens with two attached hydrogens (primary N) is 1. The van der Waals surface area contributed by atoms with Gasteiger partial charge < -0.3 is 10.7 Å². The van der Waals surface area contributed by atoms with Crippen molar-refractivity contribution >= 4 is 15.9 Å². The fraction of sp³-hybridized carbons (Fsp3) is 0.167. The number of nitrogens with zero attached hydrogens (tertiary/aromatic N) is 1. The Morgan fingerprint density at radius 2 is 1.65 bits per heavy atom. The summed E-state index contributed by atoms with van der Waals surface area (Å²) < 4.78 is 89.9. The van der Waals surface area contributed by atoms with Gasteiger partial charge in [-0.05, 0) is 0 Å². The van der Waals surface area contributed by atoms with Crippen LogP contribution in [0.5, 0.6) is 0 Å². The summed E-state index contributed by atoms with van der Waals surface area (Å²) in [5.74, 6) is -13.7. The predicted octanol–water partition coefficient (Wildman–Crippen LogP) is -0.0153. The topological polar surface area (TPSA) is 130 Å². The second-order valence-electron chi connectivity index (χ2n) is 4.88. The maximum atomic E-state index is 13.5. The summed E-state index contributed by atoms with van der Waals surface area (Å²) in [6.45, 7) is 0. The standard InChI is InChI=1S/C12H10F5N5O3S/c13-6-7(14)9(16)11(10(17)8(6)15)26(24,25)22-21-12(23)5(18)1-4-2-19-3-20-4/h2-3,5,22H,1,18H2,(H,19,20)(H,21,23)/t5-/m0/s1. The molecule has 0 bridgehead atoms. The molecular formula is C12H10F5N5O3S. The number of amides is 1. The Morgan fingerprint density at radius 3 is 2.15 bits per heavy atom. The zero-order chi connectivity index (χ0) is 19.6. The van der Waals surface area contributed by atoms with Crippen LogP contribution in [0.3, 0.4) is 0 Å². The van der Waals surface area contributed by atoms with E-state index in [0.717, 1.165) is 0 Å². The molecular weight excluding hydrogens is 389 g/mol. The van der Waals surface area contributed by atoms with Gasteiger partial charge in [-0.3, -0.25) is 10.2 Å². The highest BCUT2D eigenvalue weighted by Crippen LogP contribution is 2.26. The summed E-state index contributed by atoms with van der Waals surface area (Å²) in [4.78, 5) is 17.1. The van der Waals surface area contributed by atoms with Crippen molar-refractivity contribution in [2.24, 2.45) is 5.73 Å². The summed E-state index contributed by atoms with van der Waals surface area (Å²) in [5.41, 5.74) is 7.45. The van der Waals surface area contributed by atoms with E-state index in [1.807, 2.05) is 0 Å². The number of sulfonamides is 1. The first-order valence-electron chi connectivity index (χ1n) is 6.62. The molecule has 0 aliphatic carbocycles. The van der Waals surface area contributed by atoms with Crippen LogP contribution in [0, 0.1) is 29.1 Å². The third-order valence-electron chi connectivity index (χ3n) is 3.08. The van der Waals surface area contributed by atoms with Gasteiger partial charge in [0.1, 0.15) is 0 Å². The number of hydrogen-bond donors (Lipinski definition) is 4. The molecule has 5 N–H and O–H groups in total. The molecule has 2 rings (SSSR count). The van der Waals surface area contributed by atoms with Gasteiger partial charge in [0.15, 0.2) is 28.2 Å². The first-order valence-corrected chi connectivity index (χ1v) is 8.10. The van der Waals surface area contributed by atoms with E-state index >= 15 is 0 Å². The Hall–Kier alpha value is -2.58. The number of hydrogen-bond acceptors (Lipinski definition) is 5. The van der Waals surface area contributed by atoms with Crippen LogP contribution in [0.15, 0.2) is 17.4 Å². The number of rotatable bonds is 6. The average Bonchev–Trinajstić information content (AvgIpc) is 3.09. The number of halogens is 5. The van der Waals surface area contributed by atoms with Crippen molar-refractivity contribution < 1.29 is 35.2 Å². The molecule has 0 aliphatic heterocycles. The zero-order valence-electron chi connectivity index (χ0n) is 12.5. The Kier molecular flexibility index (Phi) is 5.58. The molecule has 8 nitrogen and oxygen atoms in total. The highest BCUT2D eigenvalue weighted by Gasteiger charge is 2.34. The van der Waals surface area contributed by atoms with Crippen molar-refractivity contribution in [2.75, 3.05) is 0 Å². The van der Waals surface area contributed by atoms with Crippen LogP contribution in [0.25, 0.3) is 0 Å². The van der Waals surface area contributed by atoms with Gasteiger partial charge in [0.2, 0.25) is 5.82 Å². The Labute approximate surface area is 142 Å². The molecule has 0 aliphatic rings. The van der Waals surface area contributed by atoms with Gasteiger partial charge in [-0.25, -0.2) is 35.4 Å². The number of nitrogens with one attached hydrogen (secondary N) is 3. The minimum atomic E-state index is -5.33. The zero-order valence-corrected chi connectivity index (χ0v) is 13.3. The normalized spacial score (nSPS) is 12.8. The van der Waals surface area contributed by atoms with E-state index in [4.69, 9.17) is 5.73 Å². The summed E-state index contributed by atoms with van der Waals surface area (Å²) in [6.07, 6.45) is 2.54. The smallest absolute Gasteiger partial charge is 0.263 e. The second kappa shape index (κ2) is 7.35. The third kappa shape index (κ3) is 3.81. The highest BCUT2D eigenvalue weighted by atomic mass is 32.2. The fourth-order valence-electron chi connectivity index (χ4n) is 1.81. The molecule has 26 heavy (non-hydrogen) atoms. The van der Waals surface area contributed by atoms with Gasteiger partial charge in [0.25, 0.3) is 15.9 Å². The number of hydrazine groups is 1. The predicted molar refractivity (Wildman–Crippen MR) is 75.0 cm³/mol. The monoisotopic (exact) mass is 399 g/mol. The molecule has 1 heterocycles. The van der Waals surface area contributed by atoms with E-state index in [0.29, 0.717) is 5.69 Å². The average molecular weight is 399 g/mol. The van der Waals surface area contributed by atoms with Gasteiger partial charge >= 0.3 is 0 Å². The number of aromatic nitrogens is 2. The molecule has 1 aromatic heterocycles. The van der Waals surface area contributed by atoms with E-state index < -0.39 is 56.0 Å². The summed E-state index contributed by atoms with van der Waals surface area (Å²) in [7, 11) is -5.33. The first-order chi connectivity index (χ1) is 12.1. The number of H-pyrrole nitrogens is 1. The molecule has 142 valence electrons. The maximum Gasteiger partial charge on any atom is 0.263 e. The second-order valence-corrected chi connectivity index (χ2v) is 6.50. The number of imidazole rings is 1. The summed E-state index contributed by atoms with van der Waals surface area (Å²) >= 11 is 0. The van der Waals surface area contributed by atoms with Gasteiger partial charge in [-0.1, -0.05) is 0 Å². The number of aromatic amines is 1. The molecule has 0 fully saturated rings. The molecule has 2 aromatic rings. The van der Waals surface area contributed by atoms with Crippen LogP contribution in [-0.4, -0.2) is 30.3 Å². The molecule has 0 radical (unpaired) electrons. The quantitative estimate of drug-likeness (QED) is 0.235. The van der Waals surface area contributed by atoms with Crippen molar-refractivity contribution in [1.82, 2.24) is 20.2 Å². The van der Waals surface area contributed by atoms with E-state index in [9.17, 15) is 35.2 Å². The van der Waals surface area contributed by atoms with Crippen LogP contribution in [0.4, 0.5) is 22.0 Å². The highest BCUT2D eigenvalue weighted by molar-refractivity contribution is 7.89. The largest absolute Gasteiger partial charge is 0.348 e. The molecule has 0 saturated heterocycles. The molecule has 0 spiro atoms. The van der Waals surface area contributed by atoms with E-state index in [-0.39, 0.29) is 6.42 Å². The minimum absolute atomic E-state index is 0.101. The van der Waals surface area contributed by atoms with E-state index in [1.54, 1.807) is 0 Å². The van der Waals surface area contributed by atoms with Crippen LogP contribution < -0.4 is 16.0 Å². The fourth-order valence-corrected chi connectivity index (χ4v) is 2.80. The Balaban J connectivity index is 2.18. The lowest BCUT2D eigenvalue weighted by molar-refractivity contribution is -0.122. The third-order valence-corrected chi connectivity index (χ3v) is 4.34. The molecule has 1 amide bonds. The number of carbonyl (C=O) groups is 1. The lowest BCUT2D eigenvalue weighted by atomic mass is 10.2. The number of benzene rings is 1. The lowest BCUT2D eigenvalue weighted by Crippen LogP contribution is -2.50. The molecule has 0 saturated carbocycles. The van der Waals surface area contributed by atoms with Crippen molar-refractivity contribution in [3.8, 4) is 0 Å². The summed E-state index contributed by atoms with van der Waals surface area (Å²) in [5, 5.41) is 0. The summed E-state index contributed by atoms with van der Waals surface area (Å²) in [6, 6.07) is -1.31. The van der Waals surface area contributed by atoms with Crippen LogP contribution in [0.2, 0.25) is 0 Å². The van der Waals surface area contributed by atoms with Gasteiger partial charge in [0.05, 0.1) is 12.4 Å². The van der Waals surface area contributed by atoms with E-state index in [2.05, 4.69) is 9.97 Å². The van der Waals surface area contributed by atoms with Crippen molar-refractivity contribution in [3.63, 3.8) is 0 Å². The van der Waals surface area contributed by atoms with Gasteiger partial charge in [-0.15, -0.1) is 4.83 Å². The van der Waals surface area contributed by atoms with Crippen LogP contribution in [-0.2, 0) is 21.2 Å². The van der Waals surface area contributed by atoms with E-state index in [1.165, 1.54) is 22.8 Å². The SMILES string of the molecule is N[C@@H](Cc1cnc[nH]1)C(=O)NNS(=O)(=O)c1c(F)c(F)c(F)c(F)c1F. The van der Waals surface area contributed by atoms with Crippen molar-refractivity contribution in [3.05, 3.63) is 47.3 Å². The lowest BCUT2D eigenvalue weighted by Gasteiger charge is -2.14. The Morgan fingerprint density at radius 1 is 1.12 bits per heavy atom. The molecule has 1 aromatic carbocycles. The Bertz CT molecular complexity index is 906. The van der Waals surface area contributed by atoms with Crippen LogP contribution >= 0.6 is 0 Å². The van der Waals surface area contributed by atoms with Gasteiger partial charge in [0, 0.05) is 18.3 Å². The number of carbonyl (C=O) groups excluding carboxylic acids is 1. The first kappa shape index (κ1) is 19.7. The maximum absolute atomic E-state index is 13.5. The van der Waals surface area contributed by atoms with Crippen molar-refractivity contribution in [2.45, 2.75) is 17.4 Å². The van der Waals surface area contributed by atoms with Gasteiger partial charge in [-0.2, -0.15) is 0 Å². The molecule has 1 atom stereocenters. The van der Waals surface area contributed by atoms with Crippen LogP contribution in [0.1, 0.15) is 5.69 Å².